The summed E-state index contributed by atoms with van der Waals surface area (Å²) < 4.78 is 5.84. The van der Waals surface area contributed by atoms with Crippen LogP contribution in [0, 0.1) is 0 Å². The van der Waals surface area contributed by atoms with E-state index in [-0.39, 0.29) is 16.8 Å². The van der Waals surface area contributed by atoms with Crippen LogP contribution in [0.1, 0.15) is 29.5 Å². The average Bonchev–Trinajstić information content (AvgIpc) is 3.33. The number of nitrogens with zero attached hydrogens (tertiary/aromatic N) is 1. The Labute approximate surface area is 220 Å². The van der Waals surface area contributed by atoms with Crippen LogP contribution in [0.4, 0.5) is 5.69 Å². The first-order valence-electron chi connectivity index (χ1n) is 12.0. The highest BCUT2D eigenvalue weighted by molar-refractivity contribution is 7.80. The van der Waals surface area contributed by atoms with Crippen LogP contribution in [0.25, 0.3) is 22.6 Å². The van der Waals surface area contributed by atoms with Gasteiger partial charge in [-0.15, -0.1) is 0 Å². The third-order valence-electron chi connectivity index (χ3n) is 6.11. The SMILES string of the molecule is CCc1ccc2oc(-c3ccc(NC(=S)NC(=O)C(c4ccccc4)c4ccccc4)cc3O)nc2c1. The summed E-state index contributed by atoms with van der Waals surface area (Å²) in [6.07, 6.45) is 0.900. The lowest BCUT2D eigenvalue weighted by Crippen LogP contribution is -2.37. The van der Waals surface area contributed by atoms with Gasteiger partial charge in [0, 0.05) is 11.8 Å². The summed E-state index contributed by atoms with van der Waals surface area (Å²) in [6.45, 7) is 2.08. The van der Waals surface area contributed by atoms with Gasteiger partial charge in [0.15, 0.2) is 10.7 Å². The lowest BCUT2D eigenvalue weighted by atomic mass is 9.90. The van der Waals surface area contributed by atoms with E-state index >= 15 is 0 Å². The molecule has 5 aromatic rings. The van der Waals surface area contributed by atoms with E-state index in [4.69, 9.17) is 16.6 Å². The molecular formula is C30H25N3O3S. The normalized spacial score (nSPS) is 11.0. The Kier molecular flexibility index (Phi) is 6.96. The molecule has 1 amide bonds. The minimum atomic E-state index is -0.523. The molecule has 0 saturated carbocycles. The number of aromatic hydroxyl groups is 1. The van der Waals surface area contributed by atoms with Gasteiger partial charge in [0.2, 0.25) is 11.8 Å². The number of rotatable bonds is 6. The average molecular weight is 508 g/mol. The fourth-order valence-corrected chi connectivity index (χ4v) is 4.45. The highest BCUT2D eigenvalue weighted by Gasteiger charge is 2.23. The number of phenols is 1. The topological polar surface area (TPSA) is 87.4 Å². The number of hydrogen-bond donors (Lipinski definition) is 3. The number of oxazole rings is 1. The summed E-state index contributed by atoms with van der Waals surface area (Å²) in [5.41, 5.74) is 5.26. The van der Waals surface area contributed by atoms with E-state index in [9.17, 15) is 9.90 Å². The Bertz CT molecular complexity index is 1530. The zero-order chi connectivity index (χ0) is 25.8. The van der Waals surface area contributed by atoms with Gasteiger partial charge in [-0.2, -0.15) is 0 Å². The van der Waals surface area contributed by atoms with Crippen molar-refractivity contribution in [2.24, 2.45) is 0 Å². The first kappa shape index (κ1) is 24.2. The van der Waals surface area contributed by atoms with Crippen LogP contribution < -0.4 is 10.6 Å². The highest BCUT2D eigenvalue weighted by atomic mass is 32.1. The molecule has 0 spiro atoms. The van der Waals surface area contributed by atoms with Gasteiger partial charge in [-0.1, -0.05) is 73.7 Å². The number of carbonyl (C=O) groups excluding carboxylic acids is 1. The van der Waals surface area contributed by atoms with Crippen molar-refractivity contribution in [3.8, 4) is 17.2 Å². The Balaban J connectivity index is 1.31. The molecule has 0 bridgehead atoms. The number of hydrogen-bond acceptors (Lipinski definition) is 5. The van der Waals surface area contributed by atoms with Crippen LogP contribution in [-0.2, 0) is 11.2 Å². The van der Waals surface area contributed by atoms with Crippen molar-refractivity contribution in [3.63, 3.8) is 0 Å². The third kappa shape index (κ3) is 5.37. The second-order valence-electron chi connectivity index (χ2n) is 8.60. The van der Waals surface area contributed by atoms with Gasteiger partial charge in [-0.25, -0.2) is 4.98 Å². The summed E-state index contributed by atoms with van der Waals surface area (Å²) in [5.74, 6) is -0.469. The van der Waals surface area contributed by atoms with Crippen molar-refractivity contribution in [3.05, 3.63) is 114 Å². The first-order valence-corrected chi connectivity index (χ1v) is 12.4. The summed E-state index contributed by atoms with van der Waals surface area (Å²) in [7, 11) is 0. The van der Waals surface area contributed by atoms with Gasteiger partial charge < -0.3 is 20.2 Å². The quantitative estimate of drug-likeness (QED) is 0.230. The maximum Gasteiger partial charge on any atom is 0.238 e. The maximum atomic E-state index is 13.3. The predicted octanol–water partition coefficient (Wildman–Crippen LogP) is 6.41. The fraction of sp³-hybridized carbons (Fsp3) is 0.100. The molecular weight excluding hydrogens is 482 g/mol. The molecule has 7 heteroatoms. The van der Waals surface area contributed by atoms with E-state index in [0.717, 1.165) is 28.6 Å². The van der Waals surface area contributed by atoms with Crippen LogP contribution in [0.15, 0.2) is 101 Å². The molecule has 0 aliphatic heterocycles. The number of thiocarbonyl (C=S) groups is 1. The fourth-order valence-electron chi connectivity index (χ4n) is 4.23. The predicted molar refractivity (Wildman–Crippen MR) is 150 cm³/mol. The van der Waals surface area contributed by atoms with Crippen LogP contribution in [0.2, 0.25) is 0 Å². The highest BCUT2D eigenvalue weighted by Crippen LogP contribution is 2.33. The minimum absolute atomic E-state index is 0.0205. The van der Waals surface area contributed by atoms with E-state index in [1.54, 1.807) is 12.1 Å². The number of phenolic OH excluding ortho intramolecular Hbond substituents is 1. The molecule has 0 aliphatic carbocycles. The second-order valence-corrected chi connectivity index (χ2v) is 9.01. The van der Waals surface area contributed by atoms with E-state index < -0.39 is 5.92 Å². The lowest BCUT2D eigenvalue weighted by molar-refractivity contribution is -0.120. The number of fused-ring (bicyclic) bond motifs is 1. The first-order chi connectivity index (χ1) is 18.0. The van der Waals surface area contributed by atoms with Crippen molar-refractivity contribution >= 4 is 40.0 Å². The second kappa shape index (κ2) is 10.6. The monoisotopic (exact) mass is 507 g/mol. The third-order valence-corrected chi connectivity index (χ3v) is 6.32. The van der Waals surface area contributed by atoms with Crippen LogP contribution in [-0.4, -0.2) is 21.1 Å². The molecule has 37 heavy (non-hydrogen) atoms. The Morgan fingerprint density at radius 2 is 1.62 bits per heavy atom. The van der Waals surface area contributed by atoms with Gasteiger partial charge in [0.25, 0.3) is 0 Å². The number of aryl methyl sites for hydroxylation is 1. The zero-order valence-electron chi connectivity index (χ0n) is 20.1. The van der Waals surface area contributed by atoms with Gasteiger partial charge in [-0.3, -0.25) is 4.79 Å². The van der Waals surface area contributed by atoms with Gasteiger partial charge in [0.05, 0.1) is 11.5 Å². The molecule has 0 unspecified atom stereocenters. The minimum Gasteiger partial charge on any atom is -0.507 e. The number of nitrogens with one attached hydrogen (secondary N) is 2. The van der Waals surface area contributed by atoms with Crippen molar-refractivity contribution < 1.29 is 14.3 Å². The van der Waals surface area contributed by atoms with Crippen molar-refractivity contribution in [1.29, 1.82) is 0 Å². The number of carbonyl (C=O) groups is 1. The smallest absolute Gasteiger partial charge is 0.238 e. The zero-order valence-corrected chi connectivity index (χ0v) is 21.0. The van der Waals surface area contributed by atoms with E-state index in [2.05, 4.69) is 22.5 Å². The van der Waals surface area contributed by atoms with Crippen LogP contribution in [0.5, 0.6) is 5.75 Å². The van der Waals surface area contributed by atoms with Gasteiger partial charge >= 0.3 is 0 Å². The molecule has 0 aliphatic rings. The number of amides is 1. The van der Waals surface area contributed by atoms with E-state index in [0.29, 0.717) is 22.7 Å². The molecule has 0 radical (unpaired) electrons. The number of anilines is 1. The maximum absolute atomic E-state index is 13.3. The van der Waals surface area contributed by atoms with E-state index in [1.807, 2.05) is 78.9 Å². The van der Waals surface area contributed by atoms with Crippen molar-refractivity contribution in [1.82, 2.24) is 10.3 Å². The molecule has 5 rings (SSSR count). The van der Waals surface area contributed by atoms with Crippen molar-refractivity contribution in [2.75, 3.05) is 5.32 Å². The van der Waals surface area contributed by atoms with Gasteiger partial charge in [-0.05, 0) is 59.6 Å². The number of aromatic nitrogens is 1. The van der Waals surface area contributed by atoms with Crippen molar-refractivity contribution in [2.45, 2.75) is 19.3 Å². The molecule has 0 fully saturated rings. The summed E-state index contributed by atoms with van der Waals surface area (Å²) in [4.78, 5) is 17.8. The summed E-state index contributed by atoms with van der Waals surface area (Å²) >= 11 is 5.41. The van der Waals surface area contributed by atoms with E-state index in [1.165, 1.54) is 6.07 Å². The standard InChI is InChI=1S/C30H25N3O3S/c1-2-19-13-16-26-24(17-19)32-29(36-26)23-15-14-22(18-25(23)34)31-30(37)33-28(35)27(20-9-5-3-6-10-20)21-11-7-4-8-12-21/h3-18,27,34H,2H2,1H3,(H2,31,33,35,37). The Hall–Kier alpha value is -4.49. The Morgan fingerprint density at radius 1 is 0.946 bits per heavy atom. The van der Waals surface area contributed by atoms with Crippen LogP contribution >= 0.6 is 12.2 Å². The lowest BCUT2D eigenvalue weighted by Gasteiger charge is -2.19. The molecule has 184 valence electrons. The summed E-state index contributed by atoms with van der Waals surface area (Å²) in [6, 6.07) is 29.9. The molecule has 1 heterocycles. The molecule has 4 aromatic carbocycles. The summed E-state index contributed by atoms with van der Waals surface area (Å²) in [5, 5.41) is 16.6. The van der Waals surface area contributed by atoms with Crippen LogP contribution in [0.3, 0.4) is 0 Å². The molecule has 0 saturated heterocycles. The van der Waals surface area contributed by atoms with Gasteiger partial charge in [0.1, 0.15) is 11.3 Å². The number of benzene rings is 4. The Morgan fingerprint density at radius 3 is 2.24 bits per heavy atom. The molecule has 1 aromatic heterocycles. The molecule has 0 atom stereocenters. The molecule has 6 nitrogen and oxygen atoms in total. The largest absolute Gasteiger partial charge is 0.507 e. The molecule has 3 N–H and O–H groups in total.